The fourth-order valence-electron chi connectivity index (χ4n) is 2.65. The van der Waals surface area contributed by atoms with Crippen LogP contribution in [0.15, 0.2) is 16.9 Å². The molecule has 5 nitrogen and oxygen atoms in total. The Hall–Kier alpha value is -1.89. The Bertz CT molecular complexity index is 833. The zero-order chi connectivity index (χ0) is 18.0. The Morgan fingerprint density at radius 2 is 2.08 bits per heavy atom. The summed E-state index contributed by atoms with van der Waals surface area (Å²) >= 11 is 0. The zero-order valence-electron chi connectivity index (χ0n) is 14.4. The van der Waals surface area contributed by atoms with E-state index in [0.29, 0.717) is 17.9 Å². The molecule has 0 spiro atoms. The number of pyridine rings is 1. The van der Waals surface area contributed by atoms with Crippen LogP contribution in [-0.2, 0) is 17.3 Å². The number of benzene rings is 1. The molecule has 1 unspecified atom stereocenters. The molecule has 1 atom stereocenters. The number of nitrogens with one attached hydrogen (secondary N) is 2. The number of aromatic amines is 1. The lowest BCUT2D eigenvalue weighted by Gasteiger charge is -2.21. The van der Waals surface area contributed by atoms with Gasteiger partial charge >= 0.3 is 0 Å². The minimum atomic E-state index is -0.983. The summed E-state index contributed by atoms with van der Waals surface area (Å²) in [6.45, 7) is 4.25. The van der Waals surface area contributed by atoms with Crippen LogP contribution in [0.25, 0.3) is 10.9 Å². The molecule has 0 fully saturated rings. The first-order chi connectivity index (χ1) is 11.2. The van der Waals surface area contributed by atoms with Crippen molar-refractivity contribution in [2.75, 3.05) is 17.6 Å². The third-order valence-corrected chi connectivity index (χ3v) is 5.07. The monoisotopic (exact) mass is 353 g/mol. The summed E-state index contributed by atoms with van der Waals surface area (Å²) in [5.41, 5.74) is 0.550. The maximum Gasteiger partial charge on any atom is 0.251 e. The van der Waals surface area contributed by atoms with E-state index in [-0.39, 0.29) is 27.9 Å². The van der Waals surface area contributed by atoms with Gasteiger partial charge in [-0.15, -0.1) is 0 Å². The number of rotatable bonds is 6. The van der Waals surface area contributed by atoms with Crippen LogP contribution >= 0.6 is 0 Å². The van der Waals surface area contributed by atoms with E-state index < -0.39 is 16.7 Å². The van der Waals surface area contributed by atoms with E-state index in [1.165, 1.54) is 10.4 Å². The van der Waals surface area contributed by atoms with Gasteiger partial charge in [-0.05, 0) is 35.7 Å². The fourth-order valence-corrected chi connectivity index (χ4v) is 3.10. The predicted octanol–water partition coefficient (Wildman–Crippen LogP) is 3.71. The summed E-state index contributed by atoms with van der Waals surface area (Å²) in [4.78, 5) is 14.8. The molecule has 0 radical (unpaired) electrons. The van der Waals surface area contributed by atoms with Crippen molar-refractivity contribution in [1.82, 2.24) is 4.98 Å². The van der Waals surface area contributed by atoms with Gasteiger partial charge in [0, 0.05) is 30.3 Å². The second kappa shape index (κ2) is 7.34. The number of H-pyrrole nitrogens is 1. The summed E-state index contributed by atoms with van der Waals surface area (Å²) in [5, 5.41) is 10.4. The topological polar surface area (TPSA) is 80.2 Å². The van der Waals surface area contributed by atoms with Crippen LogP contribution in [0.1, 0.15) is 32.3 Å². The number of phenols is 1. The molecule has 0 bridgehead atoms. The lowest BCUT2D eigenvalue weighted by Crippen LogP contribution is -2.20. The summed E-state index contributed by atoms with van der Waals surface area (Å²) in [6, 6.07) is 2.91. The third-order valence-electron chi connectivity index (χ3n) is 4.07. The summed E-state index contributed by atoms with van der Waals surface area (Å²) in [7, 11) is 0.582. The molecule has 0 aliphatic rings. The van der Waals surface area contributed by atoms with Crippen LogP contribution in [0.2, 0.25) is 0 Å². The van der Waals surface area contributed by atoms with Gasteiger partial charge in [-0.1, -0.05) is 20.3 Å². The molecule has 0 aliphatic carbocycles. The first kappa shape index (κ1) is 18.4. The maximum absolute atomic E-state index is 14.9. The molecule has 1 aromatic heterocycles. The summed E-state index contributed by atoms with van der Waals surface area (Å²) < 4.78 is 24.0. The van der Waals surface area contributed by atoms with Gasteiger partial charge in [0.05, 0.1) is 5.52 Å². The molecule has 0 aliphatic heterocycles. The SMILES string of the molecule is CC(C)CCCc1cc2c(F)c(N(C)S(C)=N)c(O)cc2[nH]c1=O. The van der Waals surface area contributed by atoms with Crippen molar-refractivity contribution in [3.63, 3.8) is 0 Å². The quantitative estimate of drug-likeness (QED) is 0.740. The highest BCUT2D eigenvalue weighted by atomic mass is 32.2. The first-order valence-electron chi connectivity index (χ1n) is 7.90. The minimum Gasteiger partial charge on any atom is -0.506 e. The minimum absolute atomic E-state index is 0.0106. The number of nitrogens with zero attached hydrogens (tertiary/aromatic N) is 1. The second-order valence-corrected chi connectivity index (χ2v) is 7.91. The fraction of sp³-hybridized carbons (Fsp3) is 0.471. The lowest BCUT2D eigenvalue weighted by atomic mass is 10.0. The highest BCUT2D eigenvalue weighted by Crippen LogP contribution is 2.35. The van der Waals surface area contributed by atoms with Gasteiger partial charge in [0.25, 0.3) is 5.56 Å². The Kier molecular flexibility index (Phi) is 5.64. The molecule has 7 heteroatoms. The van der Waals surface area contributed by atoms with Crippen molar-refractivity contribution in [2.24, 2.45) is 5.92 Å². The average Bonchev–Trinajstić information content (AvgIpc) is 2.47. The van der Waals surface area contributed by atoms with Crippen LogP contribution in [0.3, 0.4) is 0 Å². The van der Waals surface area contributed by atoms with E-state index >= 15 is 0 Å². The Morgan fingerprint density at radius 1 is 1.42 bits per heavy atom. The molecule has 1 aromatic carbocycles. The van der Waals surface area contributed by atoms with Gasteiger partial charge < -0.3 is 14.4 Å². The molecular formula is C17H24FN3O2S. The number of fused-ring (bicyclic) bond motifs is 1. The number of aryl methyl sites for hydroxylation is 1. The number of aromatic hydroxyl groups is 1. The number of halogens is 1. The summed E-state index contributed by atoms with van der Waals surface area (Å²) in [6.07, 6.45) is 4.07. The second-order valence-electron chi connectivity index (χ2n) is 6.40. The van der Waals surface area contributed by atoms with Crippen molar-refractivity contribution >= 4 is 27.5 Å². The number of aromatic nitrogens is 1. The van der Waals surface area contributed by atoms with Crippen LogP contribution in [0.4, 0.5) is 10.1 Å². The van der Waals surface area contributed by atoms with Gasteiger partial charge in [-0.2, -0.15) is 0 Å². The van der Waals surface area contributed by atoms with E-state index in [9.17, 15) is 14.3 Å². The normalized spacial score (nSPS) is 12.8. The molecule has 24 heavy (non-hydrogen) atoms. The van der Waals surface area contributed by atoms with Crippen molar-refractivity contribution in [3.8, 4) is 5.75 Å². The van der Waals surface area contributed by atoms with Crippen LogP contribution in [-0.4, -0.2) is 23.4 Å². The third kappa shape index (κ3) is 3.77. The molecule has 0 amide bonds. The van der Waals surface area contributed by atoms with E-state index in [4.69, 9.17) is 4.78 Å². The van der Waals surface area contributed by atoms with Crippen molar-refractivity contribution in [1.29, 1.82) is 4.78 Å². The van der Waals surface area contributed by atoms with Crippen LogP contribution in [0, 0.1) is 16.5 Å². The predicted molar refractivity (Wildman–Crippen MR) is 98.4 cm³/mol. The summed E-state index contributed by atoms with van der Waals surface area (Å²) in [5.74, 6) is -0.337. The van der Waals surface area contributed by atoms with Crippen molar-refractivity contribution < 1.29 is 9.50 Å². The van der Waals surface area contributed by atoms with Gasteiger partial charge in [0.15, 0.2) is 5.82 Å². The van der Waals surface area contributed by atoms with E-state index in [1.807, 2.05) is 0 Å². The highest BCUT2D eigenvalue weighted by molar-refractivity contribution is 7.86. The van der Waals surface area contributed by atoms with E-state index in [2.05, 4.69) is 18.8 Å². The molecule has 0 saturated heterocycles. The number of hydrogen-bond acceptors (Lipinski definition) is 3. The van der Waals surface area contributed by atoms with Gasteiger partial charge in [-0.3, -0.25) is 9.57 Å². The molecule has 3 N–H and O–H groups in total. The Balaban J connectivity index is 2.53. The Morgan fingerprint density at radius 3 is 2.67 bits per heavy atom. The van der Waals surface area contributed by atoms with Gasteiger partial charge in [0.2, 0.25) is 0 Å². The van der Waals surface area contributed by atoms with Crippen LogP contribution < -0.4 is 9.86 Å². The Labute approximate surface area is 143 Å². The molecule has 1 heterocycles. The molecule has 2 aromatic rings. The van der Waals surface area contributed by atoms with Crippen molar-refractivity contribution in [2.45, 2.75) is 33.1 Å². The number of hydrogen-bond donors (Lipinski definition) is 3. The number of phenolic OH excluding ortho intramolecular Hbond substituents is 1. The smallest absolute Gasteiger partial charge is 0.251 e. The number of anilines is 1. The molecule has 2 rings (SSSR count). The first-order valence-corrected chi connectivity index (χ1v) is 9.49. The van der Waals surface area contributed by atoms with Gasteiger partial charge in [-0.25, -0.2) is 4.39 Å². The zero-order valence-corrected chi connectivity index (χ0v) is 15.3. The van der Waals surface area contributed by atoms with Crippen molar-refractivity contribution in [3.05, 3.63) is 33.9 Å². The van der Waals surface area contributed by atoms with E-state index in [0.717, 1.165) is 12.8 Å². The largest absolute Gasteiger partial charge is 0.506 e. The van der Waals surface area contributed by atoms with E-state index in [1.54, 1.807) is 19.4 Å². The average molecular weight is 353 g/mol. The van der Waals surface area contributed by atoms with Crippen LogP contribution in [0.5, 0.6) is 5.75 Å². The van der Waals surface area contributed by atoms with Gasteiger partial charge in [0.1, 0.15) is 11.4 Å². The molecule has 0 saturated carbocycles. The molecule has 132 valence electrons. The highest BCUT2D eigenvalue weighted by Gasteiger charge is 2.19. The molecular weight excluding hydrogens is 329 g/mol. The maximum atomic E-state index is 14.9. The lowest BCUT2D eigenvalue weighted by molar-refractivity contribution is 0.472. The standard InChI is InChI=1S/C17H24FN3O2S/c1-10(2)6-5-7-11-8-12-13(20-17(11)23)9-14(22)16(15(12)18)21(3)24(4)19/h8-10,19,22H,5-7H2,1-4H3,(H,20,23).